The van der Waals surface area contributed by atoms with E-state index in [0.717, 1.165) is 13.0 Å². The van der Waals surface area contributed by atoms with Crippen LogP contribution in [-0.2, 0) is 0 Å². The fraction of sp³-hybridized carbons (Fsp3) is 0.600. The molecule has 0 fully saturated rings. The maximum Gasteiger partial charge on any atom is 0.157 e. The molecule has 0 saturated carbocycles. The van der Waals surface area contributed by atoms with Crippen molar-refractivity contribution in [3.05, 3.63) is 11.5 Å². The third-order valence-corrected chi connectivity index (χ3v) is 2.58. The molecule has 1 unspecified atom stereocenters. The average molecular weight is 245 g/mol. The number of aliphatic hydroxyl groups excluding tert-OH is 1. The molecule has 1 atom stereocenters. The van der Waals surface area contributed by atoms with Crippen molar-refractivity contribution in [3.63, 3.8) is 0 Å². The van der Waals surface area contributed by atoms with Crippen LogP contribution in [0.25, 0.3) is 0 Å². The van der Waals surface area contributed by atoms with Crippen molar-refractivity contribution in [2.45, 2.75) is 13.3 Å². The van der Waals surface area contributed by atoms with Gasteiger partial charge in [0.2, 0.25) is 0 Å². The van der Waals surface area contributed by atoms with E-state index in [4.69, 9.17) is 16.7 Å². The second-order valence-corrected chi connectivity index (χ2v) is 3.99. The van der Waals surface area contributed by atoms with Gasteiger partial charge in [-0.1, -0.05) is 18.5 Å². The van der Waals surface area contributed by atoms with Crippen LogP contribution in [0.2, 0.25) is 5.15 Å². The Labute approximate surface area is 100 Å². The fourth-order valence-corrected chi connectivity index (χ4v) is 1.54. The van der Waals surface area contributed by atoms with E-state index < -0.39 is 0 Å². The molecule has 0 aromatic carbocycles. The maximum atomic E-state index is 8.79. The Bertz CT molecular complexity index is 335. The summed E-state index contributed by atoms with van der Waals surface area (Å²) in [5, 5.41) is 15.3. The average Bonchev–Trinajstić information content (AvgIpc) is 2.27. The molecule has 16 heavy (non-hydrogen) atoms. The molecule has 0 aliphatic rings. The van der Waals surface area contributed by atoms with Gasteiger partial charge in [0.25, 0.3) is 0 Å². The molecule has 1 aromatic rings. The SMILES string of the molecule is CNc1c(Cl)ncnc1NCC(C)CCO. The van der Waals surface area contributed by atoms with E-state index in [1.165, 1.54) is 6.33 Å². The van der Waals surface area contributed by atoms with Crippen molar-refractivity contribution in [2.75, 3.05) is 30.8 Å². The van der Waals surface area contributed by atoms with Crippen LogP contribution in [0.5, 0.6) is 0 Å². The third-order valence-electron chi connectivity index (χ3n) is 2.29. The standard InChI is InChI=1S/C10H17ClN4O/c1-7(3-4-16)5-13-10-8(12-2)9(11)14-6-15-10/h6-7,12,16H,3-5H2,1-2H3,(H,13,14,15). The first-order chi connectivity index (χ1) is 7.69. The molecule has 3 N–H and O–H groups in total. The molecule has 90 valence electrons. The highest BCUT2D eigenvalue weighted by atomic mass is 35.5. The summed E-state index contributed by atoms with van der Waals surface area (Å²) in [6.45, 7) is 3.00. The minimum atomic E-state index is 0.201. The monoisotopic (exact) mass is 244 g/mol. The number of aliphatic hydroxyl groups is 1. The third kappa shape index (κ3) is 3.50. The minimum Gasteiger partial charge on any atom is -0.396 e. The van der Waals surface area contributed by atoms with Crippen LogP contribution < -0.4 is 10.6 Å². The van der Waals surface area contributed by atoms with Crippen LogP contribution in [0.3, 0.4) is 0 Å². The van der Waals surface area contributed by atoms with E-state index in [9.17, 15) is 0 Å². The molecule has 0 bridgehead atoms. The highest BCUT2D eigenvalue weighted by molar-refractivity contribution is 6.32. The number of anilines is 2. The summed E-state index contributed by atoms with van der Waals surface area (Å²) in [5.41, 5.74) is 0.695. The zero-order valence-corrected chi connectivity index (χ0v) is 10.3. The summed E-state index contributed by atoms with van der Waals surface area (Å²) < 4.78 is 0. The number of rotatable bonds is 6. The Morgan fingerprint density at radius 2 is 2.25 bits per heavy atom. The number of hydrogen-bond acceptors (Lipinski definition) is 5. The molecule has 1 aromatic heterocycles. The van der Waals surface area contributed by atoms with E-state index in [1.807, 2.05) is 0 Å². The summed E-state index contributed by atoms with van der Waals surface area (Å²) in [4.78, 5) is 8.00. The molecule has 0 radical (unpaired) electrons. The van der Waals surface area contributed by atoms with E-state index in [1.54, 1.807) is 7.05 Å². The fourth-order valence-electron chi connectivity index (χ4n) is 1.31. The number of nitrogens with one attached hydrogen (secondary N) is 2. The molecule has 5 nitrogen and oxygen atoms in total. The predicted molar refractivity (Wildman–Crippen MR) is 65.9 cm³/mol. The van der Waals surface area contributed by atoms with Crippen LogP contribution in [-0.4, -0.2) is 35.3 Å². The van der Waals surface area contributed by atoms with Gasteiger partial charge < -0.3 is 15.7 Å². The van der Waals surface area contributed by atoms with Gasteiger partial charge in [-0.3, -0.25) is 0 Å². The van der Waals surface area contributed by atoms with Crippen molar-refractivity contribution in [3.8, 4) is 0 Å². The summed E-state index contributed by atoms with van der Waals surface area (Å²) in [6.07, 6.45) is 2.18. The largest absolute Gasteiger partial charge is 0.396 e. The van der Waals surface area contributed by atoms with E-state index in [-0.39, 0.29) is 6.61 Å². The molecule has 0 spiro atoms. The van der Waals surface area contributed by atoms with Crippen molar-refractivity contribution in [1.29, 1.82) is 0 Å². The molecule has 1 heterocycles. The molecular formula is C10H17ClN4O. The Morgan fingerprint density at radius 3 is 2.88 bits per heavy atom. The molecule has 0 saturated heterocycles. The summed E-state index contributed by atoms with van der Waals surface area (Å²) in [7, 11) is 1.77. The second-order valence-electron chi connectivity index (χ2n) is 3.64. The van der Waals surface area contributed by atoms with Crippen molar-refractivity contribution >= 4 is 23.1 Å². The maximum absolute atomic E-state index is 8.79. The van der Waals surface area contributed by atoms with Gasteiger partial charge in [-0.2, -0.15) is 0 Å². The zero-order valence-electron chi connectivity index (χ0n) is 9.50. The van der Waals surface area contributed by atoms with Crippen molar-refractivity contribution in [2.24, 2.45) is 5.92 Å². The first kappa shape index (κ1) is 13.0. The number of aromatic nitrogens is 2. The summed E-state index contributed by atoms with van der Waals surface area (Å²) >= 11 is 5.91. The predicted octanol–water partition coefficient (Wildman–Crippen LogP) is 1.60. The van der Waals surface area contributed by atoms with Crippen molar-refractivity contribution < 1.29 is 5.11 Å². The lowest BCUT2D eigenvalue weighted by Crippen LogP contribution is -2.14. The highest BCUT2D eigenvalue weighted by Gasteiger charge is 2.08. The molecule has 1 rings (SSSR count). The molecule has 0 amide bonds. The zero-order chi connectivity index (χ0) is 12.0. The van der Waals surface area contributed by atoms with Gasteiger partial charge in [0.1, 0.15) is 12.0 Å². The topological polar surface area (TPSA) is 70.1 Å². The van der Waals surface area contributed by atoms with Gasteiger partial charge >= 0.3 is 0 Å². The van der Waals surface area contributed by atoms with Crippen LogP contribution in [0.15, 0.2) is 6.33 Å². The lowest BCUT2D eigenvalue weighted by molar-refractivity contribution is 0.266. The smallest absolute Gasteiger partial charge is 0.157 e. The van der Waals surface area contributed by atoms with Gasteiger partial charge in [-0.15, -0.1) is 0 Å². The summed E-state index contributed by atoms with van der Waals surface area (Å²) in [6, 6.07) is 0. The van der Waals surface area contributed by atoms with E-state index >= 15 is 0 Å². The molecule has 0 aliphatic carbocycles. The van der Waals surface area contributed by atoms with Gasteiger partial charge in [-0.05, 0) is 12.3 Å². The number of nitrogens with zero attached hydrogens (tertiary/aromatic N) is 2. The van der Waals surface area contributed by atoms with Crippen molar-refractivity contribution in [1.82, 2.24) is 9.97 Å². The minimum absolute atomic E-state index is 0.201. The Kier molecular flexibility index (Phi) is 5.28. The van der Waals surface area contributed by atoms with Gasteiger partial charge in [0.05, 0.1) is 0 Å². The Morgan fingerprint density at radius 1 is 1.50 bits per heavy atom. The number of hydrogen-bond donors (Lipinski definition) is 3. The van der Waals surface area contributed by atoms with Gasteiger partial charge in [-0.25, -0.2) is 9.97 Å². The first-order valence-corrected chi connectivity index (χ1v) is 5.59. The summed E-state index contributed by atoms with van der Waals surface area (Å²) in [5.74, 6) is 1.07. The lowest BCUT2D eigenvalue weighted by atomic mass is 10.1. The van der Waals surface area contributed by atoms with Gasteiger partial charge in [0, 0.05) is 20.2 Å². The van der Waals surface area contributed by atoms with E-state index in [0.29, 0.717) is 22.6 Å². The van der Waals surface area contributed by atoms with Crippen LogP contribution in [0.4, 0.5) is 11.5 Å². The van der Waals surface area contributed by atoms with Crippen LogP contribution in [0.1, 0.15) is 13.3 Å². The second kappa shape index (κ2) is 6.50. The Balaban J connectivity index is 2.63. The quantitative estimate of drug-likeness (QED) is 0.663. The Hall–Kier alpha value is -1.07. The molecular weight excluding hydrogens is 228 g/mol. The van der Waals surface area contributed by atoms with Crippen LogP contribution >= 0.6 is 11.6 Å². The molecule has 0 aliphatic heterocycles. The van der Waals surface area contributed by atoms with Crippen LogP contribution in [0, 0.1) is 5.92 Å². The lowest BCUT2D eigenvalue weighted by Gasteiger charge is -2.14. The first-order valence-electron chi connectivity index (χ1n) is 5.22. The normalized spacial score (nSPS) is 12.2. The van der Waals surface area contributed by atoms with Gasteiger partial charge in [0.15, 0.2) is 11.0 Å². The molecule has 6 heteroatoms. The highest BCUT2D eigenvalue weighted by Crippen LogP contribution is 2.25. The number of halogens is 1. The van der Waals surface area contributed by atoms with E-state index in [2.05, 4.69) is 27.5 Å².